The molecular weight excluding hydrogens is 402 g/mol. The second-order valence-electron chi connectivity index (χ2n) is 5.77. The van der Waals surface area contributed by atoms with Crippen LogP contribution in [0, 0.1) is 0 Å². The normalized spacial score (nSPS) is 14.7. The van der Waals surface area contributed by atoms with E-state index in [1.54, 1.807) is 17.0 Å². The first-order valence-corrected chi connectivity index (χ1v) is 9.80. The summed E-state index contributed by atoms with van der Waals surface area (Å²) in [6, 6.07) is 9.48. The summed E-state index contributed by atoms with van der Waals surface area (Å²) in [6.07, 6.45) is 1.25. The number of carbonyl (C=O) groups excluding carboxylic acids is 1. The van der Waals surface area contributed by atoms with Crippen LogP contribution in [-0.2, 0) is 14.8 Å². The summed E-state index contributed by atoms with van der Waals surface area (Å²) in [6.45, 7) is -2.43. The van der Waals surface area contributed by atoms with Crippen molar-refractivity contribution in [3.05, 3.63) is 47.5 Å². The molecule has 6 nitrogen and oxygen atoms in total. The van der Waals surface area contributed by atoms with Crippen LogP contribution in [0.15, 0.2) is 47.4 Å². The van der Waals surface area contributed by atoms with E-state index in [4.69, 9.17) is 11.6 Å². The van der Waals surface area contributed by atoms with Gasteiger partial charge >= 0.3 is 6.61 Å². The standard InChI is InChI=1S/C17H15ClF2N2O4S/c18-14-10-11(3-8-15(14)26-17(19)20)21-27(24,25)13-6-4-12(5-7-13)22-9-1-2-16(22)23/h3-8,10,17,21H,1-2,9H2. The number of amides is 1. The maximum Gasteiger partial charge on any atom is 0.387 e. The zero-order valence-electron chi connectivity index (χ0n) is 13.9. The van der Waals surface area contributed by atoms with Gasteiger partial charge in [-0.05, 0) is 48.9 Å². The molecule has 0 atom stereocenters. The number of anilines is 2. The number of nitrogens with one attached hydrogen (secondary N) is 1. The number of carbonyl (C=O) groups is 1. The Bertz CT molecular complexity index is 952. The van der Waals surface area contributed by atoms with Gasteiger partial charge in [-0.15, -0.1) is 0 Å². The molecule has 27 heavy (non-hydrogen) atoms. The highest BCUT2D eigenvalue weighted by Crippen LogP contribution is 2.30. The predicted molar refractivity (Wildman–Crippen MR) is 96.9 cm³/mol. The molecule has 0 saturated carbocycles. The van der Waals surface area contributed by atoms with E-state index in [0.29, 0.717) is 18.7 Å². The number of rotatable bonds is 6. The molecule has 1 saturated heterocycles. The van der Waals surface area contributed by atoms with E-state index in [1.165, 1.54) is 24.3 Å². The first-order chi connectivity index (χ1) is 12.8. The van der Waals surface area contributed by atoms with Gasteiger partial charge in [0.05, 0.1) is 15.6 Å². The molecule has 2 aromatic rings. The van der Waals surface area contributed by atoms with E-state index in [0.717, 1.165) is 12.5 Å². The number of halogens is 3. The molecule has 2 aromatic carbocycles. The van der Waals surface area contributed by atoms with E-state index >= 15 is 0 Å². The Labute approximate surface area is 159 Å². The van der Waals surface area contributed by atoms with Crippen LogP contribution >= 0.6 is 11.6 Å². The van der Waals surface area contributed by atoms with Gasteiger partial charge in [-0.2, -0.15) is 8.78 Å². The molecule has 0 unspecified atom stereocenters. The zero-order chi connectivity index (χ0) is 19.6. The maximum atomic E-state index is 12.5. The highest BCUT2D eigenvalue weighted by molar-refractivity contribution is 7.92. The van der Waals surface area contributed by atoms with Gasteiger partial charge < -0.3 is 9.64 Å². The number of alkyl halides is 2. The number of nitrogens with zero attached hydrogens (tertiary/aromatic N) is 1. The van der Waals surface area contributed by atoms with Crippen molar-refractivity contribution in [3.63, 3.8) is 0 Å². The second-order valence-corrected chi connectivity index (χ2v) is 7.86. The Balaban J connectivity index is 1.76. The number of sulfonamides is 1. The van der Waals surface area contributed by atoms with E-state index in [-0.39, 0.29) is 27.3 Å². The molecule has 0 radical (unpaired) electrons. The molecule has 10 heteroatoms. The molecule has 0 spiro atoms. The van der Waals surface area contributed by atoms with Crippen molar-refractivity contribution < 1.29 is 26.7 Å². The maximum absolute atomic E-state index is 12.5. The Morgan fingerprint density at radius 3 is 2.41 bits per heavy atom. The SMILES string of the molecule is O=C1CCCN1c1ccc(S(=O)(=O)Nc2ccc(OC(F)F)c(Cl)c2)cc1. The monoisotopic (exact) mass is 416 g/mol. The van der Waals surface area contributed by atoms with Crippen molar-refractivity contribution in [1.82, 2.24) is 0 Å². The van der Waals surface area contributed by atoms with Crippen LogP contribution in [0.2, 0.25) is 5.02 Å². The number of benzene rings is 2. The lowest BCUT2D eigenvalue weighted by Crippen LogP contribution is -2.23. The molecule has 1 N–H and O–H groups in total. The summed E-state index contributed by atoms with van der Waals surface area (Å²) in [7, 11) is -3.92. The van der Waals surface area contributed by atoms with Gasteiger partial charge in [0.1, 0.15) is 5.75 Å². The van der Waals surface area contributed by atoms with Crippen LogP contribution in [0.3, 0.4) is 0 Å². The molecule has 1 fully saturated rings. The van der Waals surface area contributed by atoms with E-state index < -0.39 is 16.6 Å². The fourth-order valence-corrected chi connectivity index (χ4v) is 3.97. The van der Waals surface area contributed by atoms with Crippen molar-refractivity contribution in [1.29, 1.82) is 0 Å². The van der Waals surface area contributed by atoms with Gasteiger partial charge in [0, 0.05) is 18.7 Å². The van der Waals surface area contributed by atoms with Gasteiger partial charge in [0.15, 0.2) is 0 Å². The number of hydrogen-bond donors (Lipinski definition) is 1. The molecule has 3 rings (SSSR count). The molecule has 0 bridgehead atoms. The lowest BCUT2D eigenvalue weighted by Gasteiger charge is -2.16. The minimum atomic E-state index is -3.92. The van der Waals surface area contributed by atoms with Crippen LogP contribution in [0.4, 0.5) is 20.2 Å². The second kappa shape index (κ2) is 7.69. The third-order valence-corrected chi connectivity index (χ3v) is 5.62. The van der Waals surface area contributed by atoms with Crippen molar-refractivity contribution in [3.8, 4) is 5.75 Å². The summed E-state index contributed by atoms with van der Waals surface area (Å²) in [5.41, 5.74) is 0.730. The van der Waals surface area contributed by atoms with Gasteiger partial charge in [-0.3, -0.25) is 9.52 Å². The smallest absolute Gasteiger partial charge is 0.387 e. The van der Waals surface area contributed by atoms with E-state index in [2.05, 4.69) is 9.46 Å². The van der Waals surface area contributed by atoms with E-state index in [9.17, 15) is 22.0 Å². The summed E-state index contributed by atoms with van der Waals surface area (Å²) in [4.78, 5) is 13.3. The molecule has 0 aliphatic carbocycles. The van der Waals surface area contributed by atoms with Gasteiger partial charge in [0.25, 0.3) is 10.0 Å². The lowest BCUT2D eigenvalue weighted by molar-refractivity contribution is -0.117. The van der Waals surface area contributed by atoms with Crippen molar-refractivity contribution in [2.75, 3.05) is 16.2 Å². The molecule has 1 aliphatic heterocycles. The fraction of sp³-hybridized carbons (Fsp3) is 0.235. The van der Waals surface area contributed by atoms with Crippen LogP contribution in [0.25, 0.3) is 0 Å². The molecule has 1 heterocycles. The van der Waals surface area contributed by atoms with Crippen LogP contribution in [-0.4, -0.2) is 27.5 Å². The Hall–Kier alpha value is -2.39. The molecule has 1 aliphatic rings. The zero-order valence-corrected chi connectivity index (χ0v) is 15.4. The highest BCUT2D eigenvalue weighted by Gasteiger charge is 2.22. The largest absolute Gasteiger partial charge is 0.433 e. The first kappa shape index (κ1) is 19.4. The Morgan fingerprint density at radius 2 is 1.85 bits per heavy atom. The van der Waals surface area contributed by atoms with Crippen molar-refractivity contribution in [2.24, 2.45) is 0 Å². The quantitative estimate of drug-likeness (QED) is 0.775. The van der Waals surface area contributed by atoms with Crippen molar-refractivity contribution in [2.45, 2.75) is 24.3 Å². The first-order valence-electron chi connectivity index (χ1n) is 7.94. The highest BCUT2D eigenvalue weighted by atomic mass is 35.5. The van der Waals surface area contributed by atoms with Crippen LogP contribution in [0.1, 0.15) is 12.8 Å². The van der Waals surface area contributed by atoms with Gasteiger partial charge in [0.2, 0.25) is 5.91 Å². The van der Waals surface area contributed by atoms with Gasteiger partial charge in [-0.25, -0.2) is 8.42 Å². The van der Waals surface area contributed by atoms with Crippen LogP contribution < -0.4 is 14.4 Å². The summed E-state index contributed by atoms with van der Waals surface area (Å²) in [5.74, 6) is -0.251. The topological polar surface area (TPSA) is 75.7 Å². The third-order valence-electron chi connectivity index (χ3n) is 3.93. The Kier molecular flexibility index (Phi) is 5.52. The average molecular weight is 417 g/mol. The molecular formula is C17H15ClF2N2O4S. The number of ether oxygens (including phenoxy) is 1. The van der Waals surface area contributed by atoms with Crippen molar-refractivity contribution >= 4 is 38.9 Å². The predicted octanol–water partition coefficient (Wildman–Crippen LogP) is 3.87. The molecule has 144 valence electrons. The molecule has 0 aromatic heterocycles. The summed E-state index contributed by atoms with van der Waals surface area (Å²) in [5, 5.41) is -0.154. The summed E-state index contributed by atoms with van der Waals surface area (Å²) < 4.78 is 56.0. The van der Waals surface area contributed by atoms with E-state index in [1.807, 2.05) is 0 Å². The molecule has 1 amide bonds. The number of hydrogen-bond acceptors (Lipinski definition) is 4. The third kappa shape index (κ3) is 4.48. The summed E-state index contributed by atoms with van der Waals surface area (Å²) >= 11 is 5.82. The van der Waals surface area contributed by atoms with Gasteiger partial charge in [-0.1, -0.05) is 11.6 Å². The average Bonchev–Trinajstić information content (AvgIpc) is 3.03. The lowest BCUT2D eigenvalue weighted by atomic mass is 10.3. The fourth-order valence-electron chi connectivity index (χ4n) is 2.70. The minimum Gasteiger partial charge on any atom is -0.433 e. The van der Waals surface area contributed by atoms with Crippen LogP contribution in [0.5, 0.6) is 5.75 Å². The minimum absolute atomic E-state index is 0.00415. The Morgan fingerprint density at radius 1 is 1.15 bits per heavy atom.